The van der Waals surface area contributed by atoms with Crippen LogP contribution in [0.25, 0.3) is 10.6 Å². The van der Waals surface area contributed by atoms with Crippen LogP contribution in [0.2, 0.25) is 0 Å². The van der Waals surface area contributed by atoms with Crippen molar-refractivity contribution in [3.8, 4) is 10.6 Å². The van der Waals surface area contributed by atoms with E-state index in [-0.39, 0.29) is 12.6 Å². The summed E-state index contributed by atoms with van der Waals surface area (Å²) in [7, 11) is 0. The second-order valence-corrected chi connectivity index (χ2v) is 5.75. The Morgan fingerprint density at radius 1 is 1.50 bits per heavy atom. The monoisotopic (exact) mass is 254 g/mol. The molecule has 2 aromatic rings. The Balaban J connectivity index is 2.19. The van der Waals surface area contributed by atoms with E-state index in [1.165, 1.54) is 0 Å². The number of aliphatic hydroxyl groups is 1. The Kier molecular flexibility index (Phi) is 3.70. The number of aliphatic hydroxyl groups excluding tert-OH is 1. The molecule has 0 amide bonds. The van der Waals surface area contributed by atoms with Crippen LogP contribution in [-0.4, -0.2) is 16.7 Å². The summed E-state index contributed by atoms with van der Waals surface area (Å²) in [5, 5.41) is 12.0. The van der Waals surface area contributed by atoms with Gasteiger partial charge in [0.2, 0.25) is 0 Å². The molecule has 0 aliphatic rings. The molecular weight excluding hydrogens is 240 g/mol. The van der Waals surface area contributed by atoms with E-state index in [1.807, 2.05) is 19.1 Å². The van der Waals surface area contributed by atoms with Crippen molar-refractivity contribution in [3.05, 3.63) is 27.4 Å². The number of nitrogens with two attached hydrogens (primary N) is 1. The second-order valence-electron chi connectivity index (χ2n) is 3.57. The molecule has 0 bridgehead atoms. The van der Waals surface area contributed by atoms with Gasteiger partial charge in [-0.1, -0.05) is 0 Å². The van der Waals surface area contributed by atoms with Gasteiger partial charge < -0.3 is 10.8 Å². The van der Waals surface area contributed by atoms with Crippen LogP contribution in [0.1, 0.15) is 22.3 Å². The Hall–Kier alpha value is -0.750. The quantitative estimate of drug-likeness (QED) is 0.881. The number of thiazole rings is 1. The minimum absolute atomic E-state index is 0.0662. The summed E-state index contributed by atoms with van der Waals surface area (Å²) >= 11 is 3.31. The number of hydrogen-bond donors (Lipinski definition) is 2. The van der Waals surface area contributed by atoms with Gasteiger partial charge in [0, 0.05) is 22.9 Å². The Morgan fingerprint density at radius 2 is 2.31 bits per heavy atom. The lowest BCUT2D eigenvalue weighted by molar-refractivity contribution is 0.277. The number of aryl methyl sites for hydroxylation is 1. The minimum atomic E-state index is -0.0662. The second kappa shape index (κ2) is 5.05. The van der Waals surface area contributed by atoms with Gasteiger partial charge in [0.05, 0.1) is 15.6 Å². The van der Waals surface area contributed by atoms with Crippen LogP contribution in [0.3, 0.4) is 0 Å². The molecule has 0 aromatic carbocycles. The molecule has 3 nitrogen and oxygen atoms in total. The molecule has 0 saturated heterocycles. The molecule has 2 heterocycles. The van der Waals surface area contributed by atoms with Crippen molar-refractivity contribution in [2.45, 2.75) is 19.4 Å². The van der Waals surface area contributed by atoms with Crippen molar-refractivity contribution < 1.29 is 5.11 Å². The van der Waals surface area contributed by atoms with Gasteiger partial charge in [-0.25, -0.2) is 4.98 Å². The zero-order valence-electron chi connectivity index (χ0n) is 9.01. The molecule has 1 atom stereocenters. The summed E-state index contributed by atoms with van der Waals surface area (Å²) in [6, 6.07) is 4.00. The predicted octanol–water partition coefficient (Wildman–Crippen LogP) is 2.56. The summed E-state index contributed by atoms with van der Waals surface area (Å²) in [6.07, 6.45) is 0.607. The van der Waals surface area contributed by atoms with Crippen molar-refractivity contribution in [2.24, 2.45) is 5.73 Å². The summed E-state index contributed by atoms with van der Waals surface area (Å²) < 4.78 is 0. The molecule has 0 saturated carbocycles. The van der Waals surface area contributed by atoms with Crippen LogP contribution < -0.4 is 5.73 Å². The van der Waals surface area contributed by atoms with E-state index >= 15 is 0 Å². The van der Waals surface area contributed by atoms with E-state index in [4.69, 9.17) is 10.8 Å². The number of aromatic nitrogens is 1. The highest BCUT2D eigenvalue weighted by atomic mass is 32.1. The molecular formula is C11H14N2OS2. The minimum Gasteiger partial charge on any atom is -0.396 e. The van der Waals surface area contributed by atoms with Crippen LogP contribution in [0.15, 0.2) is 17.5 Å². The third-order valence-electron chi connectivity index (χ3n) is 2.30. The van der Waals surface area contributed by atoms with Crippen molar-refractivity contribution in [2.75, 3.05) is 6.61 Å². The highest BCUT2D eigenvalue weighted by molar-refractivity contribution is 7.16. The van der Waals surface area contributed by atoms with E-state index in [0.29, 0.717) is 6.42 Å². The van der Waals surface area contributed by atoms with Crippen molar-refractivity contribution >= 4 is 22.7 Å². The van der Waals surface area contributed by atoms with Crippen LogP contribution in [-0.2, 0) is 0 Å². The lowest BCUT2D eigenvalue weighted by Gasteiger charge is -2.05. The summed E-state index contributed by atoms with van der Waals surface area (Å²) in [4.78, 5) is 6.69. The topological polar surface area (TPSA) is 59.1 Å². The van der Waals surface area contributed by atoms with Gasteiger partial charge in [-0.05, 0) is 25.5 Å². The first-order chi connectivity index (χ1) is 7.70. The molecule has 2 aromatic heterocycles. The lowest BCUT2D eigenvalue weighted by Crippen LogP contribution is -2.09. The average Bonchev–Trinajstić information content (AvgIpc) is 2.85. The summed E-state index contributed by atoms with van der Waals surface area (Å²) in [6.45, 7) is 2.13. The fourth-order valence-electron chi connectivity index (χ4n) is 1.45. The molecule has 0 radical (unpaired) electrons. The van der Waals surface area contributed by atoms with E-state index in [0.717, 1.165) is 20.5 Å². The van der Waals surface area contributed by atoms with Gasteiger partial charge in [0.15, 0.2) is 0 Å². The first-order valence-electron chi connectivity index (χ1n) is 5.09. The molecule has 1 unspecified atom stereocenters. The molecule has 5 heteroatoms. The van der Waals surface area contributed by atoms with Gasteiger partial charge in [-0.15, -0.1) is 22.7 Å². The van der Waals surface area contributed by atoms with Crippen molar-refractivity contribution in [1.29, 1.82) is 0 Å². The van der Waals surface area contributed by atoms with Crippen molar-refractivity contribution in [3.63, 3.8) is 0 Å². The Bertz CT molecular complexity index is 464. The maximum absolute atomic E-state index is 8.84. The smallest absolute Gasteiger partial charge is 0.0914 e. The first kappa shape index (κ1) is 11.7. The highest BCUT2D eigenvalue weighted by Gasteiger charge is 2.10. The maximum atomic E-state index is 8.84. The molecule has 0 fully saturated rings. The molecule has 2 rings (SSSR count). The molecule has 86 valence electrons. The molecule has 16 heavy (non-hydrogen) atoms. The van der Waals surface area contributed by atoms with Crippen LogP contribution in [0.5, 0.6) is 0 Å². The van der Waals surface area contributed by atoms with E-state index in [9.17, 15) is 0 Å². The molecule has 0 aliphatic carbocycles. The fourth-order valence-corrected chi connectivity index (χ4v) is 3.14. The Labute approximate surface area is 103 Å². The number of thiophene rings is 1. The summed E-state index contributed by atoms with van der Waals surface area (Å²) in [5.41, 5.74) is 6.96. The Morgan fingerprint density at radius 3 is 2.94 bits per heavy atom. The molecule has 0 spiro atoms. The van der Waals surface area contributed by atoms with Gasteiger partial charge in [-0.2, -0.15) is 0 Å². The standard InChI is InChI=1S/C11H14N2OS2/c1-7-13-9(6-15-7)11-3-2-10(16-11)8(12)4-5-14/h2-3,6,8,14H,4-5,12H2,1H3. The first-order valence-corrected chi connectivity index (χ1v) is 6.79. The normalized spacial score (nSPS) is 12.9. The lowest BCUT2D eigenvalue weighted by atomic mass is 10.2. The largest absolute Gasteiger partial charge is 0.396 e. The van der Waals surface area contributed by atoms with E-state index in [1.54, 1.807) is 22.7 Å². The third-order valence-corrected chi connectivity index (χ3v) is 4.32. The molecule has 0 aliphatic heterocycles. The zero-order valence-corrected chi connectivity index (χ0v) is 10.6. The third kappa shape index (κ3) is 2.49. The number of nitrogens with zero attached hydrogens (tertiary/aromatic N) is 1. The van der Waals surface area contributed by atoms with Gasteiger partial charge >= 0.3 is 0 Å². The van der Waals surface area contributed by atoms with Gasteiger partial charge in [-0.3, -0.25) is 0 Å². The number of hydrogen-bond acceptors (Lipinski definition) is 5. The molecule has 3 N–H and O–H groups in total. The zero-order chi connectivity index (χ0) is 11.5. The fraction of sp³-hybridized carbons (Fsp3) is 0.364. The highest BCUT2D eigenvalue weighted by Crippen LogP contribution is 2.32. The number of rotatable bonds is 4. The van der Waals surface area contributed by atoms with E-state index in [2.05, 4.69) is 10.4 Å². The SMILES string of the molecule is Cc1nc(-c2ccc(C(N)CCO)s2)cs1. The maximum Gasteiger partial charge on any atom is 0.0914 e. The van der Waals surface area contributed by atoms with Crippen LogP contribution in [0.4, 0.5) is 0 Å². The van der Waals surface area contributed by atoms with Crippen molar-refractivity contribution in [1.82, 2.24) is 4.98 Å². The van der Waals surface area contributed by atoms with Gasteiger partial charge in [0.1, 0.15) is 0 Å². The predicted molar refractivity (Wildman–Crippen MR) is 68.8 cm³/mol. The van der Waals surface area contributed by atoms with Crippen LogP contribution >= 0.6 is 22.7 Å². The summed E-state index contributed by atoms with van der Waals surface area (Å²) in [5.74, 6) is 0. The average molecular weight is 254 g/mol. The van der Waals surface area contributed by atoms with E-state index < -0.39 is 0 Å². The van der Waals surface area contributed by atoms with Gasteiger partial charge in [0.25, 0.3) is 0 Å². The van der Waals surface area contributed by atoms with Crippen LogP contribution in [0, 0.1) is 6.92 Å².